The van der Waals surface area contributed by atoms with E-state index < -0.39 is 20.7 Å². The highest BCUT2D eigenvalue weighted by Crippen LogP contribution is 2.24. The fourth-order valence-corrected chi connectivity index (χ4v) is 3.71. The third-order valence-corrected chi connectivity index (χ3v) is 5.35. The van der Waals surface area contributed by atoms with Gasteiger partial charge in [0.2, 0.25) is 10.0 Å². The van der Waals surface area contributed by atoms with Crippen LogP contribution in [0, 0.1) is 11.7 Å². The van der Waals surface area contributed by atoms with E-state index in [9.17, 15) is 12.8 Å². The Morgan fingerprint density at radius 1 is 1.33 bits per heavy atom. The Morgan fingerprint density at radius 3 is 2.48 bits per heavy atom. The van der Waals surface area contributed by atoms with Crippen LogP contribution in [-0.4, -0.2) is 21.5 Å². The van der Waals surface area contributed by atoms with Crippen molar-refractivity contribution >= 4 is 21.6 Å². The van der Waals surface area contributed by atoms with Gasteiger partial charge in [-0.25, -0.2) is 17.5 Å². The van der Waals surface area contributed by atoms with Crippen molar-refractivity contribution in [2.24, 2.45) is 5.92 Å². The Morgan fingerprint density at radius 2 is 1.95 bits per heavy atom. The van der Waals surface area contributed by atoms with Crippen molar-refractivity contribution in [1.82, 2.24) is 10.0 Å². The number of hydrogen-bond acceptors (Lipinski definition) is 3. The van der Waals surface area contributed by atoms with Crippen molar-refractivity contribution in [1.29, 1.82) is 0 Å². The summed E-state index contributed by atoms with van der Waals surface area (Å²) in [6, 6.07) is 2.28. The standard InChI is InChI=1S/C14H22ClFN2O2S/c1-5-9(2)10(3)18-21(19,20)13-7-12(15)6-11(8-17-4)14(13)16/h6-7,9-10,17-18H,5,8H2,1-4H3. The first-order valence-electron chi connectivity index (χ1n) is 6.87. The molecule has 1 aromatic carbocycles. The van der Waals surface area contributed by atoms with E-state index in [1.165, 1.54) is 6.07 Å². The van der Waals surface area contributed by atoms with Gasteiger partial charge in [-0.1, -0.05) is 31.9 Å². The highest BCUT2D eigenvalue weighted by Gasteiger charge is 2.25. The van der Waals surface area contributed by atoms with Crippen molar-refractivity contribution in [3.8, 4) is 0 Å². The van der Waals surface area contributed by atoms with Crippen LogP contribution in [0.1, 0.15) is 32.8 Å². The molecular weight excluding hydrogens is 315 g/mol. The summed E-state index contributed by atoms with van der Waals surface area (Å²) in [5.74, 6) is -0.614. The maximum absolute atomic E-state index is 14.4. The molecule has 0 bridgehead atoms. The molecule has 4 nitrogen and oxygen atoms in total. The third-order valence-electron chi connectivity index (χ3n) is 3.57. The predicted octanol–water partition coefficient (Wildman–Crippen LogP) is 2.91. The lowest BCUT2D eigenvalue weighted by molar-refractivity contribution is 0.432. The summed E-state index contributed by atoms with van der Waals surface area (Å²) in [4.78, 5) is -0.407. The van der Waals surface area contributed by atoms with Crippen LogP contribution in [-0.2, 0) is 16.6 Å². The minimum atomic E-state index is -3.95. The zero-order valence-electron chi connectivity index (χ0n) is 12.7. The molecule has 7 heteroatoms. The zero-order chi connectivity index (χ0) is 16.2. The van der Waals surface area contributed by atoms with E-state index in [2.05, 4.69) is 10.0 Å². The Labute approximate surface area is 131 Å². The van der Waals surface area contributed by atoms with Crippen LogP contribution in [0.2, 0.25) is 5.02 Å². The summed E-state index contributed by atoms with van der Waals surface area (Å²) in [6.07, 6.45) is 0.826. The first-order chi connectivity index (χ1) is 9.72. The highest BCUT2D eigenvalue weighted by molar-refractivity contribution is 7.89. The quantitative estimate of drug-likeness (QED) is 0.805. The van der Waals surface area contributed by atoms with Crippen LogP contribution in [0.5, 0.6) is 0 Å². The summed E-state index contributed by atoms with van der Waals surface area (Å²) >= 11 is 5.90. The van der Waals surface area contributed by atoms with Gasteiger partial charge in [0, 0.05) is 23.2 Å². The molecule has 0 aliphatic carbocycles. The summed E-state index contributed by atoms with van der Waals surface area (Å²) in [5.41, 5.74) is 0.224. The van der Waals surface area contributed by atoms with Crippen molar-refractivity contribution < 1.29 is 12.8 Å². The van der Waals surface area contributed by atoms with E-state index in [1.54, 1.807) is 14.0 Å². The van der Waals surface area contributed by atoms with Crippen LogP contribution < -0.4 is 10.0 Å². The number of nitrogens with one attached hydrogen (secondary N) is 2. The van der Waals surface area contributed by atoms with Gasteiger partial charge in [0.15, 0.2) is 0 Å². The average molecular weight is 337 g/mol. The number of hydrogen-bond donors (Lipinski definition) is 2. The molecule has 0 fully saturated rings. The second-order valence-electron chi connectivity index (χ2n) is 5.20. The van der Waals surface area contributed by atoms with E-state index in [0.29, 0.717) is 0 Å². The van der Waals surface area contributed by atoms with Gasteiger partial charge < -0.3 is 5.32 Å². The van der Waals surface area contributed by atoms with Crippen LogP contribution in [0.3, 0.4) is 0 Å². The molecule has 0 saturated carbocycles. The van der Waals surface area contributed by atoms with Crippen LogP contribution in [0.25, 0.3) is 0 Å². The molecule has 2 atom stereocenters. The van der Waals surface area contributed by atoms with Gasteiger partial charge in [0.25, 0.3) is 0 Å². The Balaban J connectivity index is 3.19. The molecule has 0 aliphatic rings. The van der Waals surface area contributed by atoms with Crippen molar-refractivity contribution in [2.75, 3.05) is 7.05 Å². The maximum Gasteiger partial charge on any atom is 0.243 e. The first kappa shape index (κ1) is 18.4. The minimum Gasteiger partial charge on any atom is -0.316 e. The van der Waals surface area contributed by atoms with E-state index in [4.69, 9.17) is 11.6 Å². The van der Waals surface area contributed by atoms with Gasteiger partial charge in [0.1, 0.15) is 10.7 Å². The summed E-state index contributed by atoms with van der Waals surface area (Å²) in [6.45, 7) is 5.88. The normalized spacial score (nSPS) is 15.0. The fourth-order valence-electron chi connectivity index (χ4n) is 1.91. The highest BCUT2D eigenvalue weighted by atomic mass is 35.5. The number of sulfonamides is 1. The number of rotatable bonds is 7. The largest absolute Gasteiger partial charge is 0.316 e. The molecule has 120 valence electrons. The molecule has 0 heterocycles. The maximum atomic E-state index is 14.4. The second-order valence-corrected chi connectivity index (χ2v) is 7.32. The molecule has 2 unspecified atom stereocenters. The lowest BCUT2D eigenvalue weighted by atomic mass is 10.0. The minimum absolute atomic E-state index is 0.152. The van der Waals surface area contributed by atoms with E-state index in [1.807, 2.05) is 13.8 Å². The van der Waals surface area contributed by atoms with Crippen molar-refractivity contribution in [2.45, 2.75) is 44.7 Å². The van der Waals surface area contributed by atoms with Gasteiger partial charge in [0.05, 0.1) is 0 Å². The van der Waals surface area contributed by atoms with Crippen molar-refractivity contribution in [3.05, 3.63) is 28.5 Å². The third kappa shape index (κ3) is 4.64. The monoisotopic (exact) mass is 336 g/mol. The van der Waals surface area contributed by atoms with Crippen LogP contribution in [0.4, 0.5) is 4.39 Å². The predicted molar refractivity (Wildman–Crippen MR) is 83.4 cm³/mol. The van der Waals surface area contributed by atoms with Gasteiger partial charge in [-0.15, -0.1) is 0 Å². The van der Waals surface area contributed by atoms with Gasteiger partial charge in [-0.3, -0.25) is 0 Å². The van der Waals surface area contributed by atoms with E-state index >= 15 is 0 Å². The molecule has 0 spiro atoms. The molecule has 0 saturated heterocycles. The Bertz CT molecular complexity index is 593. The summed E-state index contributed by atoms with van der Waals surface area (Å²) in [5, 5.41) is 2.98. The molecule has 1 aromatic rings. The zero-order valence-corrected chi connectivity index (χ0v) is 14.3. The van der Waals surface area contributed by atoms with Gasteiger partial charge >= 0.3 is 0 Å². The average Bonchev–Trinajstić information content (AvgIpc) is 2.41. The molecule has 0 aromatic heterocycles. The van der Waals surface area contributed by atoms with E-state index in [0.717, 1.165) is 12.5 Å². The molecule has 1 rings (SSSR count). The van der Waals surface area contributed by atoms with Crippen molar-refractivity contribution in [3.63, 3.8) is 0 Å². The van der Waals surface area contributed by atoms with Gasteiger partial charge in [-0.2, -0.15) is 0 Å². The summed E-state index contributed by atoms with van der Waals surface area (Å²) < 4.78 is 41.6. The lowest BCUT2D eigenvalue weighted by Gasteiger charge is -2.20. The molecule has 2 N–H and O–H groups in total. The smallest absolute Gasteiger partial charge is 0.243 e. The molecule has 21 heavy (non-hydrogen) atoms. The molecule has 0 radical (unpaired) electrons. The lowest BCUT2D eigenvalue weighted by Crippen LogP contribution is -2.37. The number of benzene rings is 1. The topological polar surface area (TPSA) is 58.2 Å². The van der Waals surface area contributed by atoms with E-state index in [-0.39, 0.29) is 29.1 Å². The number of halogens is 2. The SMILES string of the molecule is CCC(C)C(C)NS(=O)(=O)c1cc(Cl)cc(CNC)c1F. The van der Waals surface area contributed by atoms with Crippen LogP contribution in [0.15, 0.2) is 17.0 Å². The Hall–Kier alpha value is -0.690. The second kappa shape index (κ2) is 7.54. The fraction of sp³-hybridized carbons (Fsp3) is 0.571. The first-order valence-corrected chi connectivity index (χ1v) is 8.73. The summed E-state index contributed by atoms with van der Waals surface area (Å²) in [7, 11) is -2.30. The van der Waals surface area contributed by atoms with Crippen LogP contribution >= 0.6 is 11.6 Å². The Kier molecular flexibility index (Phi) is 6.59. The molecular formula is C14H22ClFN2O2S. The van der Waals surface area contributed by atoms with Gasteiger partial charge in [-0.05, 0) is 32.0 Å². The molecule has 0 amide bonds. The molecule has 0 aliphatic heterocycles.